The molecule has 0 saturated heterocycles. The molecule has 1 rings (SSSR count). The van der Waals surface area contributed by atoms with Crippen molar-refractivity contribution in [1.29, 1.82) is 0 Å². The van der Waals surface area contributed by atoms with Crippen molar-refractivity contribution >= 4 is 25.5 Å². The first-order valence-electron chi connectivity index (χ1n) is 21.8. The van der Waals surface area contributed by atoms with Gasteiger partial charge in [0.2, 0.25) is 0 Å². The fourth-order valence-corrected chi connectivity index (χ4v) is 7.20. The van der Waals surface area contributed by atoms with E-state index in [1.54, 1.807) is 12.2 Å². The summed E-state index contributed by atoms with van der Waals surface area (Å²) in [5.74, 6) is -1.71. The lowest BCUT2D eigenvalue weighted by atomic mass is 9.90. The summed E-state index contributed by atoms with van der Waals surface area (Å²) in [6.07, 6.45) is 27.0. The lowest BCUT2D eigenvalue weighted by Gasteiger charge is -2.24. The Balaban J connectivity index is 2.53. The number of nitrogens with zero attached hydrogens (tertiary/aromatic N) is 1. The summed E-state index contributed by atoms with van der Waals surface area (Å²) in [5, 5.41) is 20.7. The molecular formula is C44H79NO11P+. The van der Waals surface area contributed by atoms with E-state index >= 15 is 0 Å². The minimum absolute atomic E-state index is 0.000525. The molecule has 0 aromatic rings. The summed E-state index contributed by atoms with van der Waals surface area (Å²) in [6, 6.07) is 0. The van der Waals surface area contributed by atoms with Crippen LogP contribution in [0.2, 0.25) is 0 Å². The van der Waals surface area contributed by atoms with Gasteiger partial charge in [0.25, 0.3) is 0 Å². The topological polar surface area (TPSA) is 166 Å². The van der Waals surface area contributed by atoms with Gasteiger partial charge in [-0.1, -0.05) is 108 Å². The second-order valence-corrected chi connectivity index (χ2v) is 18.0. The van der Waals surface area contributed by atoms with Crippen molar-refractivity contribution in [2.24, 2.45) is 11.8 Å². The standard InChI is InChI=1S/C44H78NO11P/c1-6-8-10-11-12-13-14-15-16-17-18-19-25-29-44(50)56-38(36-55-57(51,52)54-33-32-45(3,4)5)35-53-43(49)28-24-21-20-23-27-39-40(42(48)34-41(39)47)31-30-37(46)26-22-9-7-2/h13-14,20,23,30-31,37-40,42,46,48H,6-12,15-19,21-22,24-29,32-36H2,1-5H3/p+1/b14-13-,23-20-,31-30+/t37-,38+,39+,40+,42+/m0/s1. The van der Waals surface area contributed by atoms with Crippen LogP contribution in [-0.4, -0.2) is 103 Å². The first kappa shape index (κ1) is 52.8. The number of aliphatic hydroxyl groups is 2. The lowest BCUT2D eigenvalue weighted by Crippen LogP contribution is -2.37. The van der Waals surface area contributed by atoms with Gasteiger partial charge in [0.1, 0.15) is 25.5 Å². The first-order valence-corrected chi connectivity index (χ1v) is 23.3. The van der Waals surface area contributed by atoms with E-state index in [0.29, 0.717) is 43.1 Å². The highest BCUT2D eigenvalue weighted by Crippen LogP contribution is 2.43. The molecule has 1 saturated carbocycles. The summed E-state index contributed by atoms with van der Waals surface area (Å²) in [4.78, 5) is 48.0. The number of ketones is 1. The molecule has 0 bridgehead atoms. The maximum Gasteiger partial charge on any atom is 0.472 e. The Labute approximate surface area is 344 Å². The van der Waals surface area contributed by atoms with Crippen molar-refractivity contribution in [3.05, 3.63) is 36.5 Å². The highest BCUT2D eigenvalue weighted by Gasteiger charge is 2.39. The fraction of sp³-hybridized carbons (Fsp3) is 0.795. The number of rotatable bonds is 35. The molecule has 0 aromatic heterocycles. The molecule has 6 atom stereocenters. The van der Waals surface area contributed by atoms with Crippen LogP contribution in [0.5, 0.6) is 0 Å². The van der Waals surface area contributed by atoms with Gasteiger partial charge in [-0.3, -0.25) is 23.4 Å². The quantitative estimate of drug-likeness (QED) is 0.0184. The average Bonchev–Trinajstić information content (AvgIpc) is 3.41. The number of unbranched alkanes of at least 4 members (excludes halogenated alkanes) is 12. The van der Waals surface area contributed by atoms with Crippen LogP contribution in [0.3, 0.4) is 0 Å². The number of carbonyl (C=O) groups excluding carboxylic acids is 3. The van der Waals surface area contributed by atoms with Gasteiger partial charge in [-0.15, -0.1) is 0 Å². The van der Waals surface area contributed by atoms with Gasteiger partial charge in [-0.05, 0) is 57.8 Å². The number of hydrogen-bond acceptors (Lipinski definition) is 10. The molecule has 12 nitrogen and oxygen atoms in total. The van der Waals surface area contributed by atoms with Crippen LogP contribution in [0.15, 0.2) is 36.5 Å². The maximum absolute atomic E-state index is 12.7. The van der Waals surface area contributed by atoms with Crippen molar-refractivity contribution in [1.82, 2.24) is 0 Å². The molecule has 3 N–H and O–H groups in total. The molecule has 0 spiro atoms. The van der Waals surface area contributed by atoms with E-state index in [0.717, 1.165) is 57.8 Å². The number of allylic oxidation sites excluding steroid dienone is 4. The smallest absolute Gasteiger partial charge is 0.462 e. The zero-order valence-corrected chi connectivity index (χ0v) is 36.9. The zero-order valence-electron chi connectivity index (χ0n) is 36.0. The van der Waals surface area contributed by atoms with E-state index in [2.05, 4.69) is 26.0 Å². The molecule has 1 unspecified atom stereocenters. The maximum atomic E-state index is 12.7. The van der Waals surface area contributed by atoms with Crippen molar-refractivity contribution in [3.8, 4) is 0 Å². The van der Waals surface area contributed by atoms with Gasteiger partial charge in [0.15, 0.2) is 6.10 Å². The Kier molecular flexibility index (Phi) is 29.4. The molecule has 0 heterocycles. The second-order valence-electron chi connectivity index (χ2n) is 16.5. The average molecular weight is 829 g/mol. The number of likely N-dealkylation sites (N-methyl/N-ethyl adjacent to an activating group) is 1. The third-order valence-corrected chi connectivity index (χ3v) is 11.0. The molecule has 0 aliphatic heterocycles. The molecule has 57 heavy (non-hydrogen) atoms. The van der Waals surface area contributed by atoms with Crippen LogP contribution in [0.4, 0.5) is 0 Å². The van der Waals surface area contributed by atoms with Crippen LogP contribution < -0.4 is 0 Å². The third-order valence-electron chi connectivity index (χ3n) is 10.0. The monoisotopic (exact) mass is 829 g/mol. The van der Waals surface area contributed by atoms with Gasteiger partial charge < -0.3 is 29.1 Å². The summed E-state index contributed by atoms with van der Waals surface area (Å²) in [6.45, 7) is 3.97. The Morgan fingerprint density at radius 2 is 1.40 bits per heavy atom. The summed E-state index contributed by atoms with van der Waals surface area (Å²) in [7, 11) is 1.32. The Hall–Kier alpha value is -2.18. The van der Waals surface area contributed by atoms with E-state index in [1.807, 2.05) is 33.3 Å². The summed E-state index contributed by atoms with van der Waals surface area (Å²) in [5.41, 5.74) is 0. The van der Waals surface area contributed by atoms with E-state index in [-0.39, 0.29) is 50.1 Å². The first-order chi connectivity index (χ1) is 27.2. The molecule has 0 amide bonds. The summed E-state index contributed by atoms with van der Waals surface area (Å²) >= 11 is 0. The molecule has 0 aromatic carbocycles. The molecule has 1 aliphatic carbocycles. The Morgan fingerprint density at radius 1 is 0.807 bits per heavy atom. The van der Waals surface area contributed by atoms with Gasteiger partial charge in [0.05, 0.1) is 40.0 Å². The van der Waals surface area contributed by atoms with Gasteiger partial charge in [-0.25, -0.2) is 4.57 Å². The number of quaternary nitrogens is 1. The number of aliphatic hydroxyl groups excluding tert-OH is 2. The van der Waals surface area contributed by atoms with Crippen LogP contribution in [0.25, 0.3) is 0 Å². The molecule has 1 aliphatic rings. The van der Waals surface area contributed by atoms with Crippen LogP contribution in [-0.2, 0) is 37.5 Å². The van der Waals surface area contributed by atoms with Crippen LogP contribution in [0, 0.1) is 11.8 Å². The SMILES string of the molecule is CCCCCC/C=C\CCCCCCCC(=O)O[C@H](COC(=O)CCC/C=C\C[C@H]1C(=O)C[C@@H](O)[C@@H]1/C=C/[C@@H](O)CCCCC)COP(=O)(O)OCC[N+](C)(C)C. The molecule has 0 radical (unpaired) electrons. The number of esters is 2. The minimum atomic E-state index is -4.44. The van der Waals surface area contributed by atoms with Crippen LogP contribution in [0.1, 0.15) is 149 Å². The predicted octanol–water partition coefficient (Wildman–Crippen LogP) is 8.72. The Morgan fingerprint density at radius 3 is 2.09 bits per heavy atom. The van der Waals surface area contributed by atoms with Crippen molar-refractivity contribution in [3.63, 3.8) is 0 Å². The minimum Gasteiger partial charge on any atom is -0.462 e. The normalized spacial score (nSPS) is 19.8. The zero-order chi connectivity index (χ0) is 42.4. The van der Waals surface area contributed by atoms with Crippen molar-refractivity contribution < 1.29 is 57.1 Å². The Bertz CT molecular complexity index is 1230. The van der Waals surface area contributed by atoms with Gasteiger partial charge >= 0.3 is 19.8 Å². The van der Waals surface area contributed by atoms with E-state index in [1.165, 1.54) is 25.7 Å². The molecule has 1 fully saturated rings. The second kappa shape index (κ2) is 31.7. The fourth-order valence-electron chi connectivity index (χ4n) is 6.46. The van der Waals surface area contributed by atoms with Crippen molar-refractivity contribution in [2.45, 2.75) is 167 Å². The molecular weight excluding hydrogens is 749 g/mol. The number of phosphoric acid groups is 1. The number of ether oxygens (including phenoxy) is 2. The third kappa shape index (κ3) is 28.8. The van der Waals surface area contributed by atoms with Gasteiger partial charge in [0, 0.05) is 31.1 Å². The molecule has 330 valence electrons. The summed E-state index contributed by atoms with van der Waals surface area (Å²) < 4.78 is 34.2. The number of Topliss-reactive ketones (excluding diaryl/α,β-unsaturated/α-hetero) is 1. The van der Waals surface area contributed by atoms with E-state index in [9.17, 15) is 34.1 Å². The van der Waals surface area contributed by atoms with E-state index in [4.69, 9.17) is 18.5 Å². The number of carbonyl (C=O) groups is 3. The number of phosphoric ester groups is 1. The highest BCUT2D eigenvalue weighted by atomic mass is 31.2. The van der Waals surface area contributed by atoms with Gasteiger partial charge in [-0.2, -0.15) is 0 Å². The highest BCUT2D eigenvalue weighted by molar-refractivity contribution is 7.47. The largest absolute Gasteiger partial charge is 0.472 e. The van der Waals surface area contributed by atoms with E-state index < -0.39 is 44.7 Å². The van der Waals surface area contributed by atoms with Crippen molar-refractivity contribution in [2.75, 3.05) is 47.5 Å². The molecule has 13 heteroatoms. The number of hydrogen-bond donors (Lipinski definition) is 3. The van der Waals surface area contributed by atoms with Crippen LogP contribution >= 0.6 is 7.82 Å². The lowest BCUT2D eigenvalue weighted by molar-refractivity contribution is -0.870. The predicted molar refractivity (Wildman–Crippen MR) is 225 cm³/mol.